The minimum absolute atomic E-state index is 0.00331. The van der Waals surface area contributed by atoms with Gasteiger partial charge in [-0.1, -0.05) is 11.6 Å². The Morgan fingerprint density at radius 2 is 1.79 bits per heavy atom. The summed E-state index contributed by atoms with van der Waals surface area (Å²) in [4.78, 5) is 39.0. The van der Waals surface area contributed by atoms with Crippen LogP contribution in [0.1, 0.15) is 22.5 Å². The Hall–Kier alpha value is -3.70. The molecule has 4 rings (SSSR count). The van der Waals surface area contributed by atoms with E-state index in [1.807, 2.05) is 36.6 Å². The zero-order valence-electron chi connectivity index (χ0n) is 20.4. The predicted molar refractivity (Wildman–Crippen MR) is 140 cm³/mol. The van der Waals surface area contributed by atoms with E-state index in [1.165, 1.54) is 7.11 Å². The number of alkyl halides is 3. The third-order valence-corrected chi connectivity index (χ3v) is 6.98. The summed E-state index contributed by atoms with van der Waals surface area (Å²) in [6.45, 7) is 3.09. The number of aromatic nitrogens is 1. The molecule has 198 valence electrons. The number of carbonyl (C=O) groups excluding carboxylic acids is 3. The van der Waals surface area contributed by atoms with Crippen molar-refractivity contribution in [2.24, 2.45) is 0 Å². The Morgan fingerprint density at radius 3 is 2.42 bits per heavy atom. The number of rotatable bonds is 6. The molecule has 0 aliphatic carbocycles. The number of amides is 3. The molecule has 0 bridgehead atoms. The quantitative estimate of drug-likeness (QED) is 0.349. The first-order valence-electron chi connectivity index (χ1n) is 11.1. The van der Waals surface area contributed by atoms with E-state index in [2.05, 4.69) is 5.32 Å². The fourth-order valence-electron chi connectivity index (χ4n) is 4.01. The maximum absolute atomic E-state index is 13.1. The van der Waals surface area contributed by atoms with Gasteiger partial charge in [0.05, 0.1) is 23.3 Å². The van der Waals surface area contributed by atoms with Crippen molar-refractivity contribution in [1.29, 1.82) is 0 Å². The zero-order valence-corrected chi connectivity index (χ0v) is 21.9. The van der Waals surface area contributed by atoms with Crippen molar-refractivity contribution in [3.05, 3.63) is 81.0 Å². The summed E-state index contributed by atoms with van der Waals surface area (Å²) in [5.74, 6) is -1.54. The monoisotopic (exact) mass is 563 g/mol. The zero-order chi connectivity index (χ0) is 27.8. The Balaban J connectivity index is 1.53. The first kappa shape index (κ1) is 27.3. The molecule has 0 spiro atoms. The molecule has 0 atom stereocenters. The normalized spacial score (nSPS) is 14.9. The van der Waals surface area contributed by atoms with Crippen molar-refractivity contribution in [3.63, 3.8) is 0 Å². The highest BCUT2D eigenvalue weighted by molar-refractivity contribution is 8.18. The molecule has 3 aromatic rings. The summed E-state index contributed by atoms with van der Waals surface area (Å²) in [5, 5.41) is 2.23. The third-order valence-electron chi connectivity index (χ3n) is 5.82. The van der Waals surface area contributed by atoms with Gasteiger partial charge in [-0.2, -0.15) is 13.2 Å². The fourth-order valence-corrected chi connectivity index (χ4v) is 4.97. The summed E-state index contributed by atoms with van der Waals surface area (Å²) in [6.07, 6.45) is -3.06. The van der Waals surface area contributed by atoms with Crippen molar-refractivity contribution in [3.8, 4) is 11.4 Å². The van der Waals surface area contributed by atoms with Crippen LogP contribution < -0.4 is 10.1 Å². The molecular formula is C26H21ClF3N3O4S. The summed E-state index contributed by atoms with van der Waals surface area (Å²) in [5.41, 5.74) is 2.08. The molecular weight excluding hydrogens is 543 g/mol. The minimum atomic E-state index is -4.63. The SMILES string of the molecule is COc1ccc(C(F)(F)F)cc1NC(=O)CN1C(=O)S/C(=C\c2cc(C)n(-c3ccc(Cl)cc3)c2C)C1=O. The van der Waals surface area contributed by atoms with Crippen LogP contribution in [0.2, 0.25) is 5.02 Å². The first-order chi connectivity index (χ1) is 17.9. The summed E-state index contributed by atoms with van der Waals surface area (Å²) in [6, 6.07) is 11.7. The van der Waals surface area contributed by atoms with Gasteiger partial charge in [0.2, 0.25) is 5.91 Å². The number of methoxy groups -OCH3 is 1. The van der Waals surface area contributed by atoms with Crippen LogP contribution in [-0.2, 0) is 15.8 Å². The maximum Gasteiger partial charge on any atom is 0.416 e. The molecule has 7 nitrogen and oxygen atoms in total. The van der Waals surface area contributed by atoms with E-state index in [-0.39, 0.29) is 16.3 Å². The summed E-state index contributed by atoms with van der Waals surface area (Å²) < 4.78 is 46.3. The lowest BCUT2D eigenvalue weighted by atomic mass is 10.1. The van der Waals surface area contributed by atoms with Crippen molar-refractivity contribution >= 4 is 52.2 Å². The number of thioether (sulfide) groups is 1. The van der Waals surface area contributed by atoms with Gasteiger partial charge in [0.15, 0.2) is 0 Å². The van der Waals surface area contributed by atoms with Crippen LogP contribution in [0.15, 0.2) is 53.4 Å². The van der Waals surface area contributed by atoms with Crippen LogP contribution in [0.3, 0.4) is 0 Å². The van der Waals surface area contributed by atoms with Gasteiger partial charge in [0.25, 0.3) is 11.1 Å². The summed E-state index contributed by atoms with van der Waals surface area (Å²) in [7, 11) is 1.24. The molecule has 3 amide bonds. The number of ether oxygens (including phenoxy) is 1. The van der Waals surface area contributed by atoms with E-state index < -0.39 is 35.3 Å². The first-order valence-corrected chi connectivity index (χ1v) is 12.3. The molecule has 12 heteroatoms. The topological polar surface area (TPSA) is 80.6 Å². The van der Waals surface area contributed by atoms with Gasteiger partial charge in [-0.15, -0.1) is 0 Å². The van der Waals surface area contributed by atoms with Crippen molar-refractivity contribution in [1.82, 2.24) is 9.47 Å². The van der Waals surface area contributed by atoms with Gasteiger partial charge < -0.3 is 14.6 Å². The van der Waals surface area contributed by atoms with Gasteiger partial charge in [-0.05, 0) is 85.8 Å². The Labute approximate surface area is 225 Å². The molecule has 1 aliphatic heterocycles. The van der Waals surface area contributed by atoms with Crippen molar-refractivity contribution in [2.75, 3.05) is 19.0 Å². The molecule has 0 unspecified atom stereocenters. The lowest BCUT2D eigenvalue weighted by Gasteiger charge is -2.16. The molecule has 38 heavy (non-hydrogen) atoms. The average Bonchev–Trinajstić information content (AvgIpc) is 3.28. The number of carbonyl (C=O) groups is 3. The lowest BCUT2D eigenvalue weighted by molar-refractivity contribution is -0.137. The van der Waals surface area contributed by atoms with E-state index in [1.54, 1.807) is 18.2 Å². The number of nitrogens with zero attached hydrogens (tertiary/aromatic N) is 2. The maximum atomic E-state index is 13.1. The van der Waals surface area contributed by atoms with Crippen LogP contribution in [0.25, 0.3) is 11.8 Å². The largest absolute Gasteiger partial charge is 0.495 e. The van der Waals surface area contributed by atoms with Crippen LogP contribution in [0.5, 0.6) is 5.75 Å². The standard InChI is InChI=1S/C26H21ClF3N3O4S/c1-14-10-16(15(2)33(14)19-7-5-18(27)6-8-19)11-22-24(35)32(25(36)38-22)13-23(34)31-20-12-17(26(28,29)30)4-9-21(20)37-3/h4-12H,13H2,1-3H3,(H,31,34)/b22-11-. The molecule has 1 N–H and O–H groups in total. The van der Waals surface area contributed by atoms with E-state index in [0.717, 1.165) is 40.2 Å². The van der Waals surface area contributed by atoms with E-state index >= 15 is 0 Å². The van der Waals surface area contributed by atoms with Gasteiger partial charge in [0.1, 0.15) is 12.3 Å². The number of nitrogens with one attached hydrogen (secondary N) is 1. The fraction of sp³-hybridized carbons (Fsp3) is 0.192. The number of halogens is 4. The molecule has 2 heterocycles. The molecule has 0 radical (unpaired) electrons. The highest BCUT2D eigenvalue weighted by Crippen LogP contribution is 2.36. The number of imide groups is 1. The molecule has 0 saturated carbocycles. The van der Waals surface area contributed by atoms with E-state index in [4.69, 9.17) is 16.3 Å². The second-order valence-electron chi connectivity index (χ2n) is 8.37. The van der Waals surface area contributed by atoms with Crippen LogP contribution in [0, 0.1) is 13.8 Å². The molecule has 1 saturated heterocycles. The van der Waals surface area contributed by atoms with Gasteiger partial charge >= 0.3 is 6.18 Å². The number of hydrogen-bond donors (Lipinski definition) is 1. The van der Waals surface area contributed by atoms with Gasteiger partial charge in [-0.3, -0.25) is 19.3 Å². The average molecular weight is 564 g/mol. The number of aryl methyl sites for hydroxylation is 1. The van der Waals surface area contributed by atoms with E-state index in [0.29, 0.717) is 22.3 Å². The van der Waals surface area contributed by atoms with Crippen LogP contribution in [-0.4, -0.2) is 40.2 Å². The van der Waals surface area contributed by atoms with E-state index in [9.17, 15) is 27.6 Å². The highest BCUT2D eigenvalue weighted by Gasteiger charge is 2.37. The number of hydrogen-bond acceptors (Lipinski definition) is 5. The smallest absolute Gasteiger partial charge is 0.416 e. The highest BCUT2D eigenvalue weighted by atomic mass is 35.5. The Kier molecular flexibility index (Phi) is 7.61. The third kappa shape index (κ3) is 5.58. The molecule has 1 fully saturated rings. The Bertz CT molecular complexity index is 1470. The summed E-state index contributed by atoms with van der Waals surface area (Å²) >= 11 is 6.66. The molecule has 2 aromatic carbocycles. The minimum Gasteiger partial charge on any atom is -0.495 e. The predicted octanol–water partition coefficient (Wildman–Crippen LogP) is 6.45. The van der Waals surface area contributed by atoms with Crippen molar-refractivity contribution < 1.29 is 32.3 Å². The van der Waals surface area contributed by atoms with Crippen molar-refractivity contribution in [2.45, 2.75) is 20.0 Å². The van der Waals surface area contributed by atoms with Crippen LogP contribution >= 0.6 is 23.4 Å². The van der Waals surface area contributed by atoms with Gasteiger partial charge in [0, 0.05) is 22.1 Å². The number of anilines is 1. The van der Waals surface area contributed by atoms with Gasteiger partial charge in [-0.25, -0.2) is 0 Å². The molecule has 1 aliphatic rings. The second kappa shape index (κ2) is 10.6. The second-order valence-corrected chi connectivity index (χ2v) is 9.80. The number of benzene rings is 2. The molecule has 1 aromatic heterocycles. The lowest BCUT2D eigenvalue weighted by Crippen LogP contribution is -2.36. The Morgan fingerprint density at radius 1 is 1.11 bits per heavy atom. The van der Waals surface area contributed by atoms with Crippen LogP contribution in [0.4, 0.5) is 23.7 Å².